The summed E-state index contributed by atoms with van der Waals surface area (Å²) < 4.78 is 13.7. The van der Waals surface area contributed by atoms with Gasteiger partial charge in [-0.1, -0.05) is 12.1 Å². The zero-order chi connectivity index (χ0) is 17.8. The molecule has 0 aromatic heterocycles. The molecule has 0 atom stereocenters. The van der Waals surface area contributed by atoms with Crippen molar-refractivity contribution in [3.05, 3.63) is 63.0 Å². The fourth-order valence-electron chi connectivity index (χ4n) is 2.63. The van der Waals surface area contributed by atoms with Gasteiger partial charge in [0, 0.05) is 28.9 Å². The number of hydrogen-bond donors (Lipinski definition) is 2. The monoisotopic (exact) mass is 453 g/mol. The van der Waals surface area contributed by atoms with Gasteiger partial charge >= 0.3 is 0 Å². The number of halogens is 2. The van der Waals surface area contributed by atoms with E-state index in [0.717, 1.165) is 17.8 Å². The maximum Gasteiger partial charge on any atom is 0.252 e. The molecule has 0 aliphatic carbocycles. The first-order valence-electron chi connectivity index (χ1n) is 7.87. The summed E-state index contributed by atoms with van der Waals surface area (Å²) in [4.78, 5) is 25.7. The number of carbonyl (C=O) groups excluding carboxylic acids is 2. The fourth-order valence-corrected chi connectivity index (χ4v) is 3.36. The maximum absolute atomic E-state index is 13.1. The van der Waals surface area contributed by atoms with Crippen LogP contribution >= 0.6 is 22.6 Å². The number of anilines is 1. The van der Waals surface area contributed by atoms with Crippen LogP contribution in [0.5, 0.6) is 0 Å². The van der Waals surface area contributed by atoms with E-state index in [1.54, 1.807) is 0 Å². The summed E-state index contributed by atoms with van der Waals surface area (Å²) in [5.41, 5.74) is 2.40. The first-order chi connectivity index (χ1) is 12.0. The summed E-state index contributed by atoms with van der Waals surface area (Å²) in [7, 11) is 0. The highest BCUT2D eigenvalue weighted by atomic mass is 127. The van der Waals surface area contributed by atoms with Gasteiger partial charge in [-0.15, -0.1) is 0 Å². The number of rotatable bonds is 4. The van der Waals surface area contributed by atoms with Crippen molar-refractivity contribution >= 4 is 40.1 Å². The van der Waals surface area contributed by atoms with Crippen LogP contribution < -0.4 is 15.5 Å². The van der Waals surface area contributed by atoms with Crippen LogP contribution in [0.25, 0.3) is 0 Å². The van der Waals surface area contributed by atoms with Gasteiger partial charge in [-0.3, -0.25) is 9.59 Å². The normalized spacial score (nSPS) is 14.2. The van der Waals surface area contributed by atoms with Crippen LogP contribution in [0, 0.1) is 9.39 Å². The topological polar surface area (TPSA) is 61.4 Å². The summed E-state index contributed by atoms with van der Waals surface area (Å²) in [6.07, 6.45) is 0. The van der Waals surface area contributed by atoms with Gasteiger partial charge in [-0.2, -0.15) is 0 Å². The number of piperazine rings is 1. The second-order valence-corrected chi connectivity index (χ2v) is 6.91. The van der Waals surface area contributed by atoms with Crippen LogP contribution in [0.4, 0.5) is 10.1 Å². The van der Waals surface area contributed by atoms with E-state index in [1.165, 1.54) is 18.2 Å². The minimum Gasteiger partial charge on any atom is -0.360 e. The summed E-state index contributed by atoms with van der Waals surface area (Å²) in [5, 5.41) is 5.63. The summed E-state index contributed by atoms with van der Waals surface area (Å²) >= 11 is 1.95. The molecule has 0 unspecified atom stereocenters. The molecule has 1 heterocycles. The SMILES string of the molecule is O=C1CN(c2ccc(CNC(=O)c3ccc(F)cc3I)cc2)CCN1. The van der Waals surface area contributed by atoms with Crippen molar-refractivity contribution in [2.75, 3.05) is 24.5 Å². The van der Waals surface area contributed by atoms with Crippen molar-refractivity contribution in [3.63, 3.8) is 0 Å². The number of hydrogen-bond acceptors (Lipinski definition) is 3. The molecule has 2 N–H and O–H groups in total. The summed E-state index contributed by atoms with van der Waals surface area (Å²) in [5.74, 6) is -0.569. The van der Waals surface area contributed by atoms with Gasteiger partial charge in [-0.05, 0) is 58.5 Å². The lowest BCUT2D eigenvalue weighted by Gasteiger charge is -2.28. The molecule has 2 aromatic carbocycles. The number of amides is 2. The fraction of sp³-hybridized carbons (Fsp3) is 0.222. The Balaban J connectivity index is 1.60. The van der Waals surface area contributed by atoms with Crippen molar-refractivity contribution in [1.29, 1.82) is 0 Å². The molecule has 3 rings (SSSR count). The van der Waals surface area contributed by atoms with Gasteiger partial charge in [-0.25, -0.2) is 4.39 Å². The largest absolute Gasteiger partial charge is 0.360 e. The highest BCUT2D eigenvalue weighted by Gasteiger charge is 2.16. The van der Waals surface area contributed by atoms with E-state index < -0.39 is 0 Å². The second-order valence-electron chi connectivity index (χ2n) is 5.74. The first kappa shape index (κ1) is 17.7. The van der Waals surface area contributed by atoms with Crippen LogP contribution in [-0.4, -0.2) is 31.4 Å². The van der Waals surface area contributed by atoms with Crippen LogP contribution in [0.1, 0.15) is 15.9 Å². The number of nitrogens with zero attached hydrogens (tertiary/aromatic N) is 1. The Morgan fingerprint density at radius 3 is 2.68 bits per heavy atom. The lowest BCUT2D eigenvalue weighted by atomic mass is 10.1. The molecule has 5 nitrogen and oxygen atoms in total. The third kappa shape index (κ3) is 4.47. The Bertz CT molecular complexity index is 795. The van der Waals surface area contributed by atoms with Gasteiger partial charge in [0.25, 0.3) is 5.91 Å². The Morgan fingerprint density at radius 1 is 1.24 bits per heavy atom. The Hall–Kier alpha value is -2.16. The second kappa shape index (κ2) is 7.81. The van der Waals surface area contributed by atoms with E-state index in [9.17, 15) is 14.0 Å². The minimum absolute atomic E-state index is 0.0245. The average Bonchev–Trinajstić information content (AvgIpc) is 2.60. The highest BCUT2D eigenvalue weighted by Crippen LogP contribution is 2.17. The van der Waals surface area contributed by atoms with Gasteiger partial charge in [0.05, 0.1) is 12.1 Å². The number of benzene rings is 2. The average molecular weight is 453 g/mol. The van der Waals surface area contributed by atoms with E-state index >= 15 is 0 Å². The van der Waals surface area contributed by atoms with E-state index in [2.05, 4.69) is 10.6 Å². The van der Waals surface area contributed by atoms with Crippen LogP contribution in [0.3, 0.4) is 0 Å². The molecule has 0 bridgehead atoms. The van der Waals surface area contributed by atoms with Gasteiger partial charge in [0.1, 0.15) is 5.82 Å². The van der Waals surface area contributed by atoms with E-state index in [4.69, 9.17) is 0 Å². The number of carbonyl (C=O) groups is 2. The van der Waals surface area contributed by atoms with Crippen LogP contribution in [0.2, 0.25) is 0 Å². The molecular weight excluding hydrogens is 436 g/mol. The van der Waals surface area contributed by atoms with E-state index in [-0.39, 0.29) is 17.6 Å². The quantitative estimate of drug-likeness (QED) is 0.699. The zero-order valence-corrected chi connectivity index (χ0v) is 15.5. The first-order valence-corrected chi connectivity index (χ1v) is 8.94. The van der Waals surface area contributed by atoms with Gasteiger partial charge in [0.2, 0.25) is 5.91 Å². The lowest BCUT2D eigenvalue weighted by Crippen LogP contribution is -2.47. The predicted octanol–water partition coefficient (Wildman–Crippen LogP) is 2.30. The molecule has 0 spiro atoms. The highest BCUT2D eigenvalue weighted by molar-refractivity contribution is 14.1. The lowest BCUT2D eigenvalue weighted by molar-refractivity contribution is -0.120. The molecule has 1 saturated heterocycles. The molecule has 25 heavy (non-hydrogen) atoms. The summed E-state index contributed by atoms with van der Waals surface area (Å²) in [6.45, 7) is 2.17. The molecule has 1 aliphatic heterocycles. The minimum atomic E-state index is -0.358. The van der Waals surface area contributed by atoms with E-state index in [0.29, 0.717) is 28.8 Å². The standard InChI is InChI=1S/C18H17FIN3O2/c19-13-3-6-15(16(20)9-13)18(25)22-10-12-1-4-14(5-2-12)23-8-7-21-17(24)11-23/h1-6,9H,7-8,10-11H2,(H,21,24)(H,22,25). The Morgan fingerprint density at radius 2 is 2.00 bits per heavy atom. The van der Waals surface area contributed by atoms with Crippen molar-refractivity contribution < 1.29 is 14.0 Å². The van der Waals surface area contributed by atoms with Crippen molar-refractivity contribution in [2.24, 2.45) is 0 Å². The molecular formula is C18H17FIN3O2. The zero-order valence-electron chi connectivity index (χ0n) is 13.4. The maximum atomic E-state index is 13.1. The summed E-state index contributed by atoms with van der Waals surface area (Å²) in [6, 6.07) is 11.8. The molecule has 2 amide bonds. The third-order valence-corrected chi connectivity index (χ3v) is 4.86. The van der Waals surface area contributed by atoms with Crippen molar-refractivity contribution in [2.45, 2.75) is 6.54 Å². The molecule has 0 saturated carbocycles. The smallest absolute Gasteiger partial charge is 0.252 e. The van der Waals surface area contributed by atoms with Crippen LogP contribution in [-0.2, 0) is 11.3 Å². The van der Waals surface area contributed by atoms with E-state index in [1.807, 2.05) is 51.8 Å². The molecule has 1 fully saturated rings. The molecule has 7 heteroatoms. The molecule has 0 radical (unpaired) electrons. The predicted molar refractivity (Wildman–Crippen MR) is 102 cm³/mol. The van der Waals surface area contributed by atoms with Gasteiger partial charge < -0.3 is 15.5 Å². The Kier molecular flexibility index (Phi) is 5.52. The molecule has 1 aliphatic rings. The molecule has 2 aromatic rings. The van der Waals surface area contributed by atoms with Crippen molar-refractivity contribution in [1.82, 2.24) is 10.6 Å². The van der Waals surface area contributed by atoms with Crippen LogP contribution in [0.15, 0.2) is 42.5 Å². The Labute approximate surface area is 158 Å². The van der Waals surface area contributed by atoms with Crippen molar-refractivity contribution in [3.8, 4) is 0 Å². The molecule has 130 valence electrons. The number of nitrogens with one attached hydrogen (secondary N) is 2. The third-order valence-electron chi connectivity index (χ3n) is 3.97. The van der Waals surface area contributed by atoms with Gasteiger partial charge in [0.15, 0.2) is 0 Å².